The number of para-hydroxylation sites is 1. The van der Waals surface area contributed by atoms with Crippen molar-refractivity contribution in [3.63, 3.8) is 0 Å². The molecule has 0 aliphatic carbocycles. The molecule has 1 atom stereocenters. The van der Waals surface area contributed by atoms with E-state index in [0.717, 1.165) is 0 Å². The summed E-state index contributed by atoms with van der Waals surface area (Å²) in [4.78, 5) is 23.6. The van der Waals surface area contributed by atoms with Gasteiger partial charge in [0.1, 0.15) is 0 Å². The molecule has 154 valence electrons. The molecule has 2 amide bonds. The Morgan fingerprint density at radius 1 is 1.21 bits per heavy atom. The fourth-order valence-electron chi connectivity index (χ4n) is 3.13. The van der Waals surface area contributed by atoms with Crippen LogP contribution in [0.25, 0.3) is 0 Å². The highest BCUT2D eigenvalue weighted by Gasteiger charge is 2.42. The molecule has 0 saturated carbocycles. The summed E-state index contributed by atoms with van der Waals surface area (Å²) in [5.41, 5.74) is 5.61. The molecule has 1 saturated heterocycles. The number of benzene rings is 2. The smallest absolute Gasteiger partial charge is 0.262 e. The maximum absolute atomic E-state index is 12.8. The van der Waals surface area contributed by atoms with Crippen molar-refractivity contribution in [2.45, 2.75) is 18.7 Å². The summed E-state index contributed by atoms with van der Waals surface area (Å²) >= 11 is 0. The lowest BCUT2D eigenvalue weighted by atomic mass is 10.2. The molecule has 0 bridgehead atoms. The van der Waals surface area contributed by atoms with E-state index in [2.05, 4.69) is 4.72 Å². The van der Waals surface area contributed by atoms with Gasteiger partial charge in [0.25, 0.3) is 15.9 Å². The van der Waals surface area contributed by atoms with Gasteiger partial charge >= 0.3 is 0 Å². The molecule has 3 N–H and O–H groups in total. The topological polar surface area (TPSA) is 144 Å². The van der Waals surface area contributed by atoms with Crippen LogP contribution in [0.15, 0.2) is 47.4 Å². The number of nitrogens with one attached hydrogen (secondary N) is 1. The van der Waals surface area contributed by atoms with Gasteiger partial charge in [-0.15, -0.1) is 0 Å². The molecule has 0 radical (unpaired) electrons. The van der Waals surface area contributed by atoms with Crippen LogP contribution in [-0.2, 0) is 24.8 Å². The summed E-state index contributed by atoms with van der Waals surface area (Å²) in [5.74, 6) is -2.32. The van der Waals surface area contributed by atoms with Gasteiger partial charge in [0.2, 0.25) is 15.9 Å². The Bertz CT molecular complexity index is 1220. The van der Waals surface area contributed by atoms with Crippen molar-refractivity contribution in [1.82, 2.24) is 0 Å². The molecule has 2 aromatic carbocycles. The summed E-state index contributed by atoms with van der Waals surface area (Å²) in [7, 11) is -7.90. The number of nitrogens with two attached hydrogens (primary N) is 1. The first-order valence-corrected chi connectivity index (χ1v) is 11.6. The highest BCUT2D eigenvalue weighted by atomic mass is 32.2. The van der Waals surface area contributed by atoms with E-state index in [9.17, 15) is 26.4 Å². The Kier molecular flexibility index (Phi) is 5.13. The summed E-state index contributed by atoms with van der Waals surface area (Å²) in [6.07, 6.45) is 0. The van der Waals surface area contributed by atoms with Gasteiger partial charge in [0.05, 0.1) is 33.5 Å². The Labute approximate surface area is 168 Å². The molecular weight excluding hydrogens is 418 g/mol. The Morgan fingerprint density at radius 3 is 2.41 bits per heavy atom. The molecule has 0 unspecified atom stereocenters. The number of carbonyl (C=O) groups excluding carboxylic acids is 2. The van der Waals surface area contributed by atoms with Gasteiger partial charge in [-0.3, -0.25) is 14.3 Å². The fourth-order valence-corrected chi connectivity index (χ4v) is 6.25. The first-order chi connectivity index (χ1) is 13.4. The minimum atomic E-state index is -4.10. The number of aryl methyl sites for hydroxylation is 1. The number of amides is 2. The van der Waals surface area contributed by atoms with Gasteiger partial charge in [-0.05, 0) is 42.8 Å². The third-order valence-electron chi connectivity index (χ3n) is 4.48. The molecule has 11 heteroatoms. The first-order valence-electron chi connectivity index (χ1n) is 8.53. The molecule has 1 aliphatic heterocycles. The van der Waals surface area contributed by atoms with Crippen LogP contribution < -0.4 is 14.8 Å². The monoisotopic (exact) mass is 437 g/mol. The molecule has 1 heterocycles. The minimum Gasteiger partial charge on any atom is -0.366 e. The van der Waals surface area contributed by atoms with Crippen molar-refractivity contribution >= 4 is 43.2 Å². The highest BCUT2D eigenvalue weighted by Crippen LogP contribution is 2.31. The van der Waals surface area contributed by atoms with E-state index in [1.54, 1.807) is 12.1 Å². The fraction of sp³-hybridized carbons (Fsp3) is 0.222. The number of carbonyl (C=O) groups is 2. The van der Waals surface area contributed by atoms with Gasteiger partial charge in [0, 0.05) is 0 Å². The number of hydrogen-bond acceptors (Lipinski definition) is 6. The summed E-state index contributed by atoms with van der Waals surface area (Å²) in [6, 6.07) is 9.68. The number of primary amides is 1. The lowest BCUT2D eigenvalue weighted by Gasteiger charge is -2.18. The van der Waals surface area contributed by atoms with Crippen molar-refractivity contribution in [3.8, 4) is 0 Å². The SMILES string of the molecule is Cc1cc(N2C(=O)[C@@H](C)CS2(=O)=O)ccc1S(=O)(=O)Nc1ccccc1C(N)=O. The second-order valence-corrected chi connectivity index (χ2v) is 10.3. The molecule has 1 aliphatic rings. The zero-order valence-electron chi connectivity index (χ0n) is 15.6. The Balaban J connectivity index is 1.99. The molecular formula is C18H19N3O6S2. The molecule has 1 fully saturated rings. The molecule has 3 rings (SSSR count). The lowest BCUT2D eigenvalue weighted by Crippen LogP contribution is -2.30. The summed E-state index contributed by atoms with van der Waals surface area (Å²) < 4.78 is 53.1. The maximum Gasteiger partial charge on any atom is 0.262 e. The van der Waals surface area contributed by atoms with Gasteiger partial charge < -0.3 is 5.73 Å². The molecule has 29 heavy (non-hydrogen) atoms. The van der Waals surface area contributed by atoms with Crippen molar-refractivity contribution in [2.24, 2.45) is 11.7 Å². The van der Waals surface area contributed by atoms with E-state index in [-0.39, 0.29) is 33.2 Å². The largest absolute Gasteiger partial charge is 0.366 e. The maximum atomic E-state index is 12.8. The van der Waals surface area contributed by atoms with E-state index in [1.807, 2.05) is 0 Å². The quantitative estimate of drug-likeness (QED) is 0.719. The van der Waals surface area contributed by atoms with Crippen molar-refractivity contribution < 1.29 is 26.4 Å². The van der Waals surface area contributed by atoms with E-state index >= 15 is 0 Å². The van der Waals surface area contributed by atoms with E-state index in [0.29, 0.717) is 4.31 Å². The molecule has 2 aromatic rings. The Hall–Kier alpha value is -2.92. The van der Waals surface area contributed by atoms with E-state index in [1.165, 1.54) is 44.2 Å². The average Bonchev–Trinajstić information content (AvgIpc) is 2.81. The van der Waals surface area contributed by atoms with Crippen LogP contribution >= 0.6 is 0 Å². The lowest BCUT2D eigenvalue weighted by molar-refractivity contribution is -0.119. The van der Waals surface area contributed by atoms with Gasteiger partial charge in [-0.25, -0.2) is 21.1 Å². The predicted octanol–water partition coefficient (Wildman–Crippen LogP) is 1.21. The minimum absolute atomic E-state index is 0.00749. The summed E-state index contributed by atoms with van der Waals surface area (Å²) in [5, 5.41) is 0. The molecule has 0 aromatic heterocycles. The third kappa shape index (κ3) is 3.83. The van der Waals surface area contributed by atoms with Gasteiger partial charge in [-0.2, -0.15) is 0 Å². The Morgan fingerprint density at radius 2 is 1.86 bits per heavy atom. The van der Waals surface area contributed by atoms with Crippen LogP contribution in [0.1, 0.15) is 22.8 Å². The molecule has 9 nitrogen and oxygen atoms in total. The van der Waals surface area contributed by atoms with Crippen molar-refractivity contribution in [1.29, 1.82) is 0 Å². The summed E-state index contributed by atoms with van der Waals surface area (Å²) in [6.45, 7) is 3.00. The number of anilines is 2. The highest BCUT2D eigenvalue weighted by molar-refractivity contribution is 7.94. The van der Waals surface area contributed by atoms with E-state index in [4.69, 9.17) is 5.73 Å². The zero-order valence-corrected chi connectivity index (χ0v) is 17.2. The van der Waals surface area contributed by atoms with Crippen molar-refractivity contribution in [3.05, 3.63) is 53.6 Å². The van der Waals surface area contributed by atoms with Crippen LogP contribution in [0.5, 0.6) is 0 Å². The van der Waals surface area contributed by atoms with Gasteiger partial charge in [0.15, 0.2) is 0 Å². The number of nitrogens with zero attached hydrogens (tertiary/aromatic N) is 1. The predicted molar refractivity (Wildman–Crippen MR) is 107 cm³/mol. The third-order valence-corrected chi connectivity index (χ3v) is 7.87. The van der Waals surface area contributed by atoms with E-state index < -0.39 is 37.8 Å². The number of rotatable bonds is 5. The standard InChI is InChI=1S/C18H19N3O6S2/c1-11-9-13(21-18(23)12(2)10-28(21,24)25)7-8-16(11)29(26,27)20-15-6-4-3-5-14(15)17(19)22/h3-9,12,20H,10H2,1-2H3,(H2,19,22)/t12-/m0/s1. The van der Waals surface area contributed by atoms with Crippen molar-refractivity contribution in [2.75, 3.05) is 14.8 Å². The second-order valence-electron chi connectivity index (χ2n) is 6.75. The van der Waals surface area contributed by atoms with Gasteiger partial charge in [-0.1, -0.05) is 19.1 Å². The first kappa shape index (κ1) is 20.8. The average molecular weight is 437 g/mol. The van der Waals surface area contributed by atoms with Crippen LogP contribution in [0, 0.1) is 12.8 Å². The van der Waals surface area contributed by atoms with Crippen LogP contribution in [0.4, 0.5) is 11.4 Å². The number of sulfonamides is 2. The van der Waals surface area contributed by atoms with Crippen LogP contribution in [0.2, 0.25) is 0 Å². The molecule has 0 spiro atoms. The normalized spacial score (nSPS) is 18.6. The zero-order chi connectivity index (χ0) is 21.6. The van der Waals surface area contributed by atoms with Crippen LogP contribution in [-0.4, -0.2) is 34.4 Å². The second kappa shape index (κ2) is 7.16. The van der Waals surface area contributed by atoms with Crippen LogP contribution in [0.3, 0.4) is 0 Å². The number of hydrogen-bond donors (Lipinski definition) is 2.